The molecule has 1 aromatic carbocycles. The van der Waals surface area contributed by atoms with Crippen molar-refractivity contribution in [1.82, 2.24) is 0 Å². The summed E-state index contributed by atoms with van der Waals surface area (Å²) in [7, 11) is 1.70. The van der Waals surface area contributed by atoms with Crippen molar-refractivity contribution in [2.75, 3.05) is 13.0 Å². The summed E-state index contributed by atoms with van der Waals surface area (Å²) in [6.45, 7) is 1.98. The van der Waals surface area contributed by atoms with E-state index in [-0.39, 0.29) is 6.04 Å². The molecule has 1 unspecified atom stereocenters. The number of thioether (sulfide) groups is 1. The van der Waals surface area contributed by atoms with Crippen LogP contribution in [0.5, 0.6) is 0 Å². The van der Waals surface area contributed by atoms with Crippen molar-refractivity contribution >= 4 is 11.8 Å². The Morgan fingerprint density at radius 1 is 1.38 bits per heavy atom. The van der Waals surface area contributed by atoms with E-state index in [1.807, 2.05) is 6.92 Å². The van der Waals surface area contributed by atoms with Gasteiger partial charge in [0.25, 0.3) is 0 Å². The smallest absolute Gasteiger partial charge is 0.0963 e. The van der Waals surface area contributed by atoms with E-state index in [0.29, 0.717) is 5.94 Å². The Morgan fingerprint density at radius 2 is 2.00 bits per heavy atom. The predicted octanol–water partition coefficient (Wildman–Crippen LogP) is 2.40. The van der Waals surface area contributed by atoms with Gasteiger partial charge < -0.3 is 10.5 Å². The highest BCUT2D eigenvalue weighted by Crippen LogP contribution is 2.19. The molecule has 0 bridgehead atoms. The van der Waals surface area contributed by atoms with Crippen LogP contribution < -0.4 is 5.73 Å². The average molecular weight is 197 g/mol. The molecule has 0 fully saturated rings. The summed E-state index contributed by atoms with van der Waals surface area (Å²) < 4.78 is 4.96. The van der Waals surface area contributed by atoms with Crippen molar-refractivity contribution in [1.29, 1.82) is 0 Å². The zero-order valence-electron chi connectivity index (χ0n) is 7.99. The molecule has 2 N–H and O–H groups in total. The van der Waals surface area contributed by atoms with E-state index in [1.54, 1.807) is 18.9 Å². The summed E-state index contributed by atoms with van der Waals surface area (Å²) in [5, 5.41) is 0. The molecule has 0 aliphatic rings. The van der Waals surface area contributed by atoms with Gasteiger partial charge in [-0.2, -0.15) is 0 Å². The molecule has 0 amide bonds. The molecule has 1 atom stereocenters. The third kappa shape index (κ3) is 3.38. The van der Waals surface area contributed by atoms with Gasteiger partial charge in [0.05, 0.1) is 5.94 Å². The van der Waals surface area contributed by atoms with Gasteiger partial charge in [-0.3, -0.25) is 0 Å². The Labute approximate surface area is 83.5 Å². The molecule has 0 heterocycles. The van der Waals surface area contributed by atoms with Crippen LogP contribution in [-0.4, -0.2) is 13.0 Å². The molecule has 0 radical (unpaired) electrons. The number of methoxy groups -OCH3 is 1. The quantitative estimate of drug-likeness (QED) is 0.594. The van der Waals surface area contributed by atoms with Crippen LogP contribution >= 0.6 is 11.8 Å². The van der Waals surface area contributed by atoms with Gasteiger partial charge in [-0.15, -0.1) is 0 Å². The van der Waals surface area contributed by atoms with Crippen LogP contribution in [0.25, 0.3) is 0 Å². The van der Waals surface area contributed by atoms with E-state index in [9.17, 15) is 0 Å². The van der Waals surface area contributed by atoms with Crippen molar-refractivity contribution in [2.24, 2.45) is 5.73 Å². The first kappa shape index (κ1) is 10.6. The molecule has 0 aliphatic carbocycles. The summed E-state index contributed by atoms with van der Waals surface area (Å²) in [6, 6.07) is 8.37. The molecule has 0 saturated heterocycles. The van der Waals surface area contributed by atoms with Crippen LogP contribution in [0.1, 0.15) is 18.5 Å². The average Bonchev–Trinajstić information content (AvgIpc) is 2.15. The Kier molecular flexibility index (Phi) is 4.28. The van der Waals surface area contributed by atoms with Crippen LogP contribution in [0, 0.1) is 0 Å². The fraction of sp³-hybridized carbons (Fsp3) is 0.400. The van der Waals surface area contributed by atoms with E-state index in [1.165, 1.54) is 10.5 Å². The molecule has 1 rings (SSSR count). The second-order valence-electron chi connectivity index (χ2n) is 2.91. The molecule has 13 heavy (non-hydrogen) atoms. The van der Waals surface area contributed by atoms with Gasteiger partial charge in [0.15, 0.2) is 0 Å². The molecule has 0 spiro atoms. The van der Waals surface area contributed by atoms with E-state index >= 15 is 0 Å². The van der Waals surface area contributed by atoms with Crippen molar-refractivity contribution in [3.8, 4) is 0 Å². The monoisotopic (exact) mass is 197 g/mol. The van der Waals surface area contributed by atoms with Gasteiger partial charge in [0, 0.05) is 18.0 Å². The normalized spacial score (nSPS) is 12.8. The van der Waals surface area contributed by atoms with Gasteiger partial charge in [-0.1, -0.05) is 23.9 Å². The minimum Gasteiger partial charge on any atom is -0.374 e. The maximum Gasteiger partial charge on any atom is 0.0963 e. The maximum atomic E-state index is 5.73. The third-order valence-corrected chi connectivity index (χ3v) is 2.71. The van der Waals surface area contributed by atoms with Crippen LogP contribution in [0.15, 0.2) is 29.2 Å². The Morgan fingerprint density at radius 3 is 2.46 bits per heavy atom. The number of hydrogen-bond acceptors (Lipinski definition) is 3. The lowest BCUT2D eigenvalue weighted by Crippen LogP contribution is -2.04. The van der Waals surface area contributed by atoms with Gasteiger partial charge in [-0.05, 0) is 24.6 Å². The second-order valence-corrected chi connectivity index (χ2v) is 3.90. The maximum absolute atomic E-state index is 5.73. The molecular formula is C10H15NOS. The highest BCUT2D eigenvalue weighted by atomic mass is 32.2. The van der Waals surface area contributed by atoms with Crippen LogP contribution in [-0.2, 0) is 4.74 Å². The second kappa shape index (κ2) is 5.27. The largest absolute Gasteiger partial charge is 0.374 e. The summed E-state index contributed by atoms with van der Waals surface area (Å²) in [4.78, 5) is 1.21. The van der Waals surface area contributed by atoms with Crippen molar-refractivity contribution in [3.05, 3.63) is 29.8 Å². The summed E-state index contributed by atoms with van der Waals surface area (Å²) in [6.07, 6.45) is 0. The molecular weight excluding hydrogens is 182 g/mol. The summed E-state index contributed by atoms with van der Waals surface area (Å²) in [5.74, 6) is 0.692. The molecule has 2 nitrogen and oxygen atoms in total. The highest BCUT2D eigenvalue weighted by molar-refractivity contribution is 7.99. The lowest BCUT2D eigenvalue weighted by molar-refractivity contribution is 0.259. The summed E-state index contributed by atoms with van der Waals surface area (Å²) >= 11 is 1.68. The Bertz CT molecular complexity index is 246. The van der Waals surface area contributed by atoms with Crippen molar-refractivity contribution in [2.45, 2.75) is 17.9 Å². The zero-order chi connectivity index (χ0) is 9.68. The van der Waals surface area contributed by atoms with Crippen molar-refractivity contribution < 1.29 is 4.74 Å². The third-order valence-electron chi connectivity index (χ3n) is 1.75. The first-order valence-corrected chi connectivity index (χ1v) is 5.20. The minimum atomic E-state index is 0.112. The lowest BCUT2D eigenvalue weighted by Gasteiger charge is -2.06. The molecule has 0 aliphatic heterocycles. The van der Waals surface area contributed by atoms with E-state index in [4.69, 9.17) is 10.5 Å². The first-order chi connectivity index (χ1) is 6.24. The standard InChI is InChI=1S/C10H15NOS/c1-8(11)9-3-5-10(6-4-9)13-7-12-2/h3-6,8H,7,11H2,1-2H3. The minimum absolute atomic E-state index is 0.112. The SMILES string of the molecule is COCSc1ccc(C(C)N)cc1. The predicted molar refractivity (Wildman–Crippen MR) is 56.8 cm³/mol. The van der Waals surface area contributed by atoms with Crippen molar-refractivity contribution in [3.63, 3.8) is 0 Å². The topological polar surface area (TPSA) is 35.2 Å². The van der Waals surface area contributed by atoms with Crippen LogP contribution in [0.3, 0.4) is 0 Å². The number of rotatable bonds is 4. The summed E-state index contributed by atoms with van der Waals surface area (Å²) in [5.41, 5.74) is 6.90. The fourth-order valence-electron chi connectivity index (χ4n) is 0.995. The number of ether oxygens (including phenoxy) is 1. The van der Waals surface area contributed by atoms with Gasteiger partial charge in [-0.25, -0.2) is 0 Å². The van der Waals surface area contributed by atoms with Gasteiger partial charge in [0.2, 0.25) is 0 Å². The van der Waals surface area contributed by atoms with E-state index < -0.39 is 0 Å². The fourth-order valence-corrected chi connectivity index (χ4v) is 1.58. The number of nitrogens with two attached hydrogens (primary N) is 1. The number of hydrogen-bond donors (Lipinski definition) is 1. The highest BCUT2D eigenvalue weighted by Gasteiger charge is 1.98. The van der Waals surface area contributed by atoms with E-state index in [0.717, 1.165) is 0 Å². The molecule has 1 aromatic rings. The first-order valence-electron chi connectivity index (χ1n) is 4.21. The van der Waals surface area contributed by atoms with Gasteiger partial charge >= 0.3 is 0 Å². The van der Waals surface area contributed by atoms with Crippen LogP contribution in [0.4, 0.5) is 0 Å². The molecule has 0 aromatic heterocycles. The molecule has 0 saturated carbocycles. The lowest BCUT2D eigenvalue weighted by atomic mass is 10.1. The Hall–Kier alpha value is -0.510. The molecule has 3 heteroatoms. The van der Waals surface area contributed by atoms with Crippen LogP contribution in [0.2, 0.25) is 0 Å². The number of benzene rings is 1. The van der Waals surface area contributed by atoms with Gasteiger partial charge in [0.1, 0.15) is 0 Å². The molecule has 72 valence electrons. The zero-order valence-corrected chi connectivity index (χ0v) is 8.80. The Balaban J connectivity index is 2.59. The van der Waals surface area contributed by atoms with E-state index in [2.05, 4.69) is 24.3 Å².